The monoisotopic (exact) mass is 258 g/mol. The van der Waals surface area contributed by atoms with Gasteiger partial charge in [-0.05, 0) is 13.8 Å². The Bertz CT molecular complexity index is 309. The zero-order chi connectivity index (χ0) is 14.5. The minimum absolute atomic E-state index is 0.617. The van der Waals surface area contributed by atoms with Crippen molar-refractivity contribution in [3.8, 4) is 0 Å². The molecule has 0 unspecified atom stereocenters. The number of alkyl halides is 3. The van der Waals surface area contributed by atoms with Gasteiger partial charge >= 0.3 is 18.1 Å². The number of nitrogens with one attached hydrogen (secondary N) is 1. The quantitative estimate of drug-likeness (QED) is 0.698. The zero-order valence-corrected chi connectivity index (χ0v) is 9.25. The number of halogens is 3. The third kappa shape index (κ3) is 6.10. The van der Waals surface area contributed by atoms with Crippen molar-refractivity contribution in [3.05, 3.63) is 0 Å². The highest BCUT2D eigenvalue weighted by atomic mass is 19.4. The molecule has 0 spiro atoms. The molecule has 0 aromatic carbocycles. The fourth-order valence-corrected chi connectivity index (χ4v) is 0.848. The van der Waals surface area contributed by atoms with Gasteiger partial charge in [0.2, 0.25) is 0 Å². The molecular weight excluding hydrogens is 243 g/mol. The summed E-state index contributed by atoms with van der Waals surface area (Å²) in [6.07, 6.45) is -7.43. The number of rotatable bonds is 5. The van der Waals surface area contributed by atoms with Crippen LogP contribution in [0.4, 0.5) is 13.2 Å². The number of ether oxygens (including phenoxy) is 1. The standard InChI is InChI=1S/C9H14F3NO4/c1-5(2)17-7(15)6(3-4-14)13-8(16)9(10,11)12/h5-6,14H,3-4H2,1-2H3,(H,13,16)/t6-/m0/s1/i3D/t3-,6+/m1. The first-order chi connectivity index (χ1) is 8.09. The molecule has 0 fully saturated rings. The Labute approximate surface area is 97.3 Å². The van der Waals surface area contributed by atoms with Crippen molar-refractivity contribution < 1.29 is 34.0 Å². The largest absolute Gasteiger partial charge is 0.471 e. The number of hydrogen-bond acceptors (Lipinski definition) is 4. The van der Waals surface area contributed by atoms with Crippen LogP contribution in [-0.2, 0) is 14.3 Å². The summed E-state index contributed by atoms with van der Waals surface area (Å²) >= 11 is 0. The second-order valence-electron chi connectivity index (χ2n) is 3.35. The van der Waals surface area contributed by atoms with Gasteiger partial charge in [-0.15, -0.1) is 0 Å². The lowest BCUT2D eigenvalue weighted by Crippen LogP contribution is -2.48. The van der Waals surface area contributed by atoms with Crippen molar-refractivity contribution in [2.75, 3.05) is 6.61 Å². The van der Waals surface area contributed by atoms with Crippen LogP contribution in [0.5, 0.6) is 0 Å². The number of hydrogen-bond donors (Lipinski definition) is 2. The smallest absolute Gasteiger partial charge is 0.461 e. The van der Waals surface area contributed by atoms with Crippen molar-refractivity contribution in [1.82, 2.24) is 5.32 Å². The topological polar surface area (TPSA) is 75.6 Å². The first kappa shape index (κ1) is 13.8. The van der Waals surface area contributed by atoms with Gasteiger partial charge in [0.1, 0.15) is 6.04 Å². The van der Waals surface area contributed by atoms with Gasteiger partial charge in [-0.25, -0.2) is 4.79 Å². The number of esters is 1. The molecule has 0 saturated carbocycles. The molecule has 0 aromatic rings. The summed E-state index contributed by atoms with van der Waals surface area (Å²) in [5.41, 5.74) is 0. The van der Waals surface area contributed by atoms with Gasteiger partial charge in [-0.2, -0.15) is 13.2 Å². The average molecular weight is 258 g/mol. The van der Waals surface area contributed by atoms with Gasteiger partial charge in [0, 0.05) is 14.4 Å². The second-order valence-corrected chi connectivity index (χ2v) is 3.35. The molecule has 0 aromatic heterocycles. The van der Waals surface area contributed by atoms with Crippen molar-refractivity contribution in [2.24, 2.45) is 0 Å². The minimum Gasteiger partial charge on any atom is -0.461 e. The Balaban J connectivity index is 4.80. The molecular formula is C9H14F3NO4. The third-order valence-corrected chi connectivity index (χ3v) is 1.49. The van der Waals surface area contributed by atoms with Crippen molar-refractivity contribution in [3.63, 3.8) is 0 Å². The maximum atomic E-state index is 12.0. The maximum absolute atomic E-state index is 12.0. The Kier molecular flexibility index (Phi) is 5.20. The van der Waals surface area contributed by atoms with E-state index in [4.69, 9.17) is 6.48 Å². The molecule has 17 heavy (non-hydrogen) atoms. The average Bonchev–Trinajstić information content (AvgIpc) is 2.21. The number of carbonyl (C=O) groups excluding carboxylic acids is 2. The van der Waals surface area contributed by atoms with Gasteiger partial charge in [-0.1, -0.05) is 0 Å². The summed E-state index contributed by atoms with van der Waals surface area (Å²) in [5, 5.41) is 10.0. The highest BCUT2D eigenvalue weighted by Crippen LogP contribution is 2.15. The molecule has 0 rings (SSSR count). The van der Waals surface area contributed by atoms with Crippen LogP contribution in [0.25, 0.3) is 0 Å². The summed E-state index contributed by atoms with van der Waals surface area (Å²) in [7, 11) is 0. The van der Waals surface area contributed by atoms with Crippen LogP contribution in [0.3, 0.4) is 0 Å². The SMILES string of the molecule is [2H][C@H](CO)[C@H](NC(=O)C(F)(F)F)C(=O)OC(C)C. The minimum atomic E-state index is -5.18. The molecule has 1 amide bonds. The van der Waals surface area contributed by atoms with Gasteiger partial charge in [0.25, 0.3) is 0 Å². The second kappa shape index (κ2) is 6.43. The molecule has 0 aliphatic rings. The van der Waals surface area contributed by atoms with E-state index in [1.807, 2.05) is 0 Å². The summed E-state index contributed by atoms with van der Waals surface area (Å²) in [4.78, 5) is 22.1. The Morgan fingerprint density at radius 2 is 2.00 bits per heavy atom. The summed E-state index contributed by atoms with van der Waals surface area (Å²) in [6, 6.07) is -1.87. The number of amides is 1. The molecule has 100 valence electrons. The van der Waals surface area contributed by atoms with Crippen LogP contribution < -0.4 is 5.32 Å². The van der Waals surface area contributed by atoms with Crippen LogP contribution in [0.15, 0.2) is 0 Å². The normalized spacial score (nSPS) is 16.1. The lowest BCUT2D eigenvalue weighted by atomic mass is 10.2. The van der Waals surface area contributed by atoms with E-state index in [1.54, 1.807) is 0 Å². The Morgan fingerprint density at radius 1 is 1.47 bits per heavy atom. The predicted molar refractivity (Wildman–Crippen MR) is 50.9 cm³/mol. The van der Waals surface area contributed by atoms with Crippen molar-refractivity contribution in [2.45, 2.75) is 38.6 Å². The summed E-state index contributed by atoms with van der Waals surface area (Å²) < 4.78 is 47.9. The molecule has 5 nitrogen and oxygen atoms in total. The predicted octanol–water partition coefficient (Wildman–Crippen LogP) is 0.367. The number of carbonyl (C=O) groups is 2. The third-order valence-electron chi connectivity index (χ3n) is 1.49. The van der Waals surface area contributed by atoms with E-state index in [0.29, 0.717) is 0 Å². The molecule has 8 heteroatoms. The fraction of sp³-hybridized carbons (Fsp3) is 0.778. The van der Waals surface area contributed by atoms with Gasteiger partial charge in [0.15, 0.2) is 0 Å². The first-order valence-electron chi connectivity index (χ1n) is 5.28. The van der Waals surface area contributed by atoms with E-state index in [9.17, 15) is 22.8 Å². The number of aliphatic hydroxyl groups excluding tert-OH is 1. The fourth-order valence-electron chi connectivity index (χ4n) is 0.848. The van der Waals surface area contributed by atoms with Crippen molar-refractivity contribution in [1.29, 1.82) is 0 Å². The summed E-state index contributed by atoms with van der Waals surface area (Å²) in [5.74, 6) is -3.56. The lowest BCUT2D eigenvalue weighted by molar-refractivity contribution is -0.176. The number of aliphatic hydroxyl groups is 1. The Morgan fingerprint density at radius 3 is 2.35 bits per heavy atom. The van der Waals surface area contributed by atoms with Gasteiger partial charge < -0.3 is 15.2 Å². The molecule has 0 aliphatic carbocycles. The molecule has 2 atom stereocenters. The Hall–Kier alpha value is -1.31. The summed E-state index contributed by atoms with van der Waals surface area (Å²) in [6.45, 7) is 2.02. The molecule has 0 aliphatic heterocycles. The first-order valence-corrected chi connectivity index (χ1v) is 4.70. The molecule has 0 heterocycles. The van der Waals surface area contributed by atoms with E-state index in [-0.39, 0.29) is 0 Å². The van der Waals surface area contributed by atoms with E-state index in [0.717, 1.165) is 0 Å². The van der Waals surface area contributed by atoms with Crippen LogP contribution >= 0.6 is 0 Å². The van der Waals surface area contributed by atoms with Crippen LogP contribution in [0.1, 0.15) is 21.6 Å². The van der Waals surface area contributed by atoms with Crippen molar-refractivity contribution >= 4 is 11.9 Å². The molecule has 0 bridgehead atoms. The van der Waals surface area contributed by atoms with E-state index in [2.05, 4.69) is 4.74 Å². The molecule has 2 N–H and O–H groups in total. The van der Waals surface area contributed by atoms with Gasteiger partial charge in [0.05, 0.1) is 6.10 Å². The van der Waals surface area contributed by atoms with Crippen LogP contribution in [0, 0.1) is 0 Å². The van der Waals surface area contributed by atoms with E-state index < -0.39 is 43.2 Å². The van der Waals surface area contributed by atoms with E-state index >= 15 is 0 Å². The van der Waals surface area contributed by atoms with Crippen LogP contribution in [-0.4, -0.2) is 41.9 Å². The highest BCUT2D eigenvalue weighted by molar-refractivity contribution is 5.87. The lowest BCUT2D eigenvalue weighted by Gasteiger charge is -2.18. The molecule has 0 radical (unpaired) electrons. The highest BCUT2D eigenvalue weighted by Gasteiger charge is 2.41. The maximum Gasteiger partial charge on any atom is 0.471 e. The van der Waals surface area contributed by atoms with Crippen LogP contribution in [0.2, 0.25) is 0 Å². The van der Waals surface area contributed by atoms with Gasteiger partial charge in [-0.3, -0.25) is 4.79 Å². The molecule has 0 saturated heterocycles. The van der Waals surface area contributed by atoms with E-state index in [1.165, 1.54) is 19.2 Å². The zero-order valence-electron chi connectivity index (χ0n) is 10.2.